The van der Waals surface area contributed by atoms with Crippen LogP contribution in [0.5, 0.6) is 0 Å². The summed E-state index contributed by atoms with van der Waals surface area (Å²) >= 11 is 0. The lowest BCUT2D eigenvalue weighted by Crippen LogP contribution is -2.58. The molecule has 0 aliphatic carbocycles. The van der Waals surface area contributed by atoms with Gasteiger partial charge in [-0.3, -0.25) is 19.7 Å². The van der Waals surface area contributed by atoms with Gasteiger partial charge in [0, 0.05) is 13.2 Å². The molecule has 3 amide bonds. The smallest absolute Gasteiger partial charge is 0.271 e. The maximum absolute atomic E-state index is 12.4. The van der Waals surface area contributed by atoms with Crippen LogP contribution in [0.3, 0.4) is 0 Å². The summed E-state index contributed by atoms with van der Waals surface area (Å²) in [7, 11) is -2.47. The molecule has 1 aliphatic rings. The Balaban J connectivity index is 2.38. The van der Waals surface area contributed by atoms with E-state index < -0.39 is 33.8 Å². The highest BCUT2D eigenvalue weighted by Gasteiger charge is 2.35. The number of hydrogen-bond donors (Lipinski definition) is 2. The van der Waals surface area contributed by atoms with Gasteiger partial charge in [-0.25, -0.2) is 13.6 Å². The van der Waals surface area contributed by atoms with Gasteiger partial charge in [-0.1, -0.05) is 0 Å². The number of carbonyl (C=O) groups is 3. The molecular formula is C11H14N4O5S. The Hall–Kier alpha value is -2.20. The molecule has 9 nitrogen and oxygen atoms in total. The fourth-order valence-corrected chi connectivity index (χ4v) is 2.59. The fourth-order valence-electron chi connectivity index (χ4n) is 2.01. The van der Waals surface area contributed by atoms with E-state index in [1.807, 2.05) is 0 Å². The van der Waals surface area contributed by atoms with Crippen LogP contribution in [0.1, 0.15) is 17.4 Å². The van der Waals surface area contributed by atoms with Crippen LogP contribution in [0.15, 0.2) is 17.2 Å². The zero-order valence-corrected chi connectivity index (χ0v) is 12.2. The normalized spacial score (nSPS) is 19.6. The maximum Gasteiger partial charge on any atom is 0.271 e. The standard InChI is InChI=1S/C11H14N4O5S/c1-6-10(17)13-9(16)5-15(6)11(18)8-3-7(4-14(8)2)21(12,19)20/h3-4,6H,5H2,1-2H3,(H2,12,19,20)(H,13,16,17). The van der Waals surface area contributed by atoms with Crippen molar-refractivity contribution >= 4 is 27.7 Å². The van der Waals surface area contributed by atoms with E-state index in [1.54, 1.807) is 0 Å². The lowest BCUT2D eigenvalue weighted by molar-refractivity contribution is -0.138. The van der Waals surface area contributed by atoms with Crippen LogP contribution < -0.4 is 10.5 Å². The monoisotopic (exact) mass is 314 g/mol. The van der Waals surface area contributed by atoms with Gasteiger partial charge in [0.15, 0.2) is 0 Å². The zero-order chi connectivity index (χ0) is 15.9. The summed E-state index contributed by atoms with van der Waals surface area (Å²) in [5, 5.41) is 7.12. The SMILES string of the molecule is CC1C(=O)NC(=O)CN1C(=O)c1cc(S(N)(=O)=O)cn1C. The Labute approximate surface area is 120 Å². The lowest BCUT2D eigenvalue weighted by Gasteiger charge is -2.31. The number of aryl methyl sites for hydroxylation is 1. The molecule has 21 heavy (non-hydrogen) atoms. The van der Waals surface area contributed by atoms with Crippen molar-refractivity contribution in [3.8, 4) is 0 Å². The third-order valence-corrected chi connectivity index (χ3v) is 4.09. The number of sulfonamides is 1. The van der Waals surface area contributed by atoms with Gasteiger partial charge in [-0.05, 0) is 13.0 Å². The molecule has 1 aromatic heterocycles. The average Bonchev–Trinajstić information content (AvgIpc) is 2.75. The van der Waals surface area contributed by atoms with Crippen molar-refractivity contribution in [1.29, 1.82) is 0 Å². The first-order chi connectivity index (χ1) is 9.61. The van der Waals surface area contributed by atoms with Crippen LogP contribution in [-0.2, 0) is 26.7 Å². The van der Waals surface area contributed by atoms with E-state index >= 15 is 0 Å². The predicted octanol–water partition coefficient (Wildman–Crippen LogP) is -1.84. The zero-order valence-electron chi connectivity index (χ0n) is 11.4. The summed E-state index contributed by atoms with van der Waals surface area (Å²) in [6, 6.07) is 0.282. The predicted molar refractivity (Wildman–Crippen MR) is 70.4 cm³/mol. The summed E-state index contributed by atoms with van der Waals surface area (Å²) in [4.78, 5) is 36.2. The summed E-state index contributed by atoms with van der Waals surface area (Å²) in [5.74, 6) is -1.80. The van der Waals surface area contributed by atoms with Crippen LogP contribution in [0.25, 0.3) is 0 Å². The minimum atomic E-state index is -3.94. The van der Waals surface area contributed by atoms with Gasteiger partial charge in [0.25, 0.3) is 5.91 Å². The van der Waals surface area contributed by atoms with Crippen molar-refractivity contribution in [3.05, 3.63) is 18.0 Å². The van der Waals surface area contributed by atoms with Crippen molar-refractivity contribution < 1.29 is 22.8 Å². The minimum Gasteiger partial charge on any atom is -0.345 e. The molecule has 1 aromatic rings. The van der Waals surface area contributed by atoms with Crippen LogP contribution >= 0.6 is 0 Å². The third kappa shape index (κ3) is 2.81. The molecule has 1 fully saturated rings. The fraction of sp³-hybridized carbons (Fsp3) is 0.364. The van der Waals surface area contributed by atoms with Crippen LogP contribution in [-0.4, -0.2) is 48.2 Å². The van der Waals surface area contributed by atoms with E-state index in [4.69, 9.17) is 5.14 Å². The quantitative estimate of drug-likeness (QED) is 0.619. The number of imide groups is 1. The van der Waals surface area contributed by atoms with Crippen LogP contribution in [0.4, 0.5) is 0 Å². The molecule has 0 spiro atoms. The minimum absolute atomic E-state index is 0.0216. The summed E-state index contributed by atoms with van der Waals surface area (Å²) < 4.78 is 23.9. The van der Waals surface area contributed by atoms with Gasteiger partial charge in [0.05, 0.1) is 0 Å². The number of primary sulfonamides is 1. The molecule has 0 aromatic carbocycles. The van der Waals surface area contributed by atoms with Gasteiger partial charge in [0.2, 0.25) is 21.8 Å². The number of nitrogens with one attached hydrogen (secondary N) is 1. The molecule has 0 bridgehead atoms. The van der Waals surface area contributed by atoms with E-state index in [0.29, 0.717) is 0 Å². The van der Waals surface area contributed by atoms with E-state index in [1.165, 1.54) is 24.7 Å². The molecule has 1 unspecified atom stereocenters. The van der Waals surface area contributed by atoms with E-state index in [9.17, 15) is 22.8 Å². The van der Waals surface area contributed by atoms with Gasteiger partial charge in [-0.2, -0.15) is 0 Å². The summed E-state index contributed by atoms with van der Waals surface area (Å²) in [5.41, 5.74) is 0.0216. The first-order valence-corrected chi connectivity index (χ1v) is 7.49. The first-order valence-electron chi connectivity index (χ1n) is 5.95. The van der Waals surface area contributed by atoms with E-state index in [0.717, 1.165) is 11.0 Å². The Morgan fingerprint density at radius 2 is 2.05 bits per heavy atom. The van der Waals surface area contributed by atoms with Crippen molar-refractivity contribution in [2.75, 3.05) is 6.54 Å². The highest BCUT2D eigenvalue weighted by Crippen LogP contribution is 2.16. The molecular weight excluding hydrogens is 300 g/mol. The lowest BCUT2D eigenvalue weighted by atomic mass is 10.2. The average molecular weight is 314 g/mol. The van der Waals surface area contributed by atoms with Gasteiger partial charge in [0.1, 0.15) is 23.2 Å². The van der Waals surface area contributed by atoms with Gasteiger partial charge in [-0.15, -0.1) is 0 Å². The second kappa shape index (κ2) is 4.97. The first kappa shape index (κ1) is 15.2. The summed E-state index contributed by atoms with van der Waals surface area (Å²) in [6.07, 6.45) is 1.19. The van der Waals surface area contributed by atoms with Crippen molar-refractivity contribution in [2.45, 2.75) is 17.9 Å². The molecule has 0 saturated carbocycles. The second-order valence-electron chi connectivity index (χ2n) is 4.74. The number of piperazine rings is 1. The topological polar surface area (TPSA) is 132 Å². The van der Waals surface area contributed by atoms with E-state index in [2.05, 4.69) is 5.32 Å². The summed E-state index contributed by atoms with van der Waals surface area (Å²) in [6.45, 7) is 1.20. The molecule has 2 rings (SSSR count). The molecule has 10 heteroatoms. The second-order valence-corrected chi connectivity index (χ2v) is 6.30. The van der Waals surface area contributed by atoms with Crippen molar-refractivity contribution in [1.82, 2.24) is 14.8 Å². The Bertz CT molecular complexity index is 736. The van der Waals surface area contributed by atoms with Crippen molar-refractivity contribution in [3.63, 3.8) is 0 Å². The molecule has 3 N–H and O–H groups in total. The number of rotatable bonds is 2. The number of hydrogen-bond acceptors (Lipinski definition) is 5. The third-order valence-electron chi connectivity index (χ3n) is 3.21. The highest BCUT2D eigenvalue weighted by atomic mass is 32.2. The Morgan fingerprint density at radius 1 is 1.43 bits per heavy atom. The molecule has 2 heterocycles. The van der Waals surface area contributed by atoms with E-state index in [-0.39, 0.29) is 17.1 Å². The molecule has 1 atom stereocenters. The number of nitrogens with two attached hydrogens (primary N) is 1. The van der Waals surface area contributed by atoms with Crippen LogP contribution in [0.2, 0.25) is 0 Å². The number of amides is 3. The Morgan fingerprint density at radius 3 is 2.57 bits per heavy atom. The highest BCUT2D eigenvalue weighted by molar-refractivity contribution is 7.89. The van der Waals surface area contributed by atoms with Crippen LogP contribution in [0, 0.1) is 0 Å². The number of nitrogens with zero attached hydrogens (tertiary/aromatic N) is 2. The molecule has 0 radical (unpaired) electrons. The Kier molecular flexibility index (Phi) is 3.59. The van der Waals surface area contributed by atoms with Gasteiger partial charge >= 0.3 is 0 Å². The largest absolute Gasteiger partial charge is 0.345 e. The number of aromatic nitrogens is 1. The van der Waals surface area contributed by atoms with Gasteiger partial charge < -0.3 is 9.47 Å². The number of carbonyl (C=O) groups excluding carboxylic acids is 3. The molecule has 1 aliphatic heterocycles. The van der Waals surface area contributed by atoms with Crippen molar-refractivity contribution in [2.24, 2.45) is 12.2 Å². The molecule has 1 saturated heterocycles. The maximum atomic E-state index is 12.4. The molecule has 114 valence electrons.